The first-order chi connectivity index (χ1) is 11.6. The van der Waals surface area contributed by atoms with Gasteiger partial charge in [-0.05, 0) is 13.8 Å². The summed E-state index contributed by atoms with van der Waals surface area (Å²) in [5.41, 5.74) is -0.120. The molecule has 136 valence electrons. The fraction of sp³-hybridized carbons (Fsp3) is 0.643. The Morgan fingerprint density at radius 1 is 1.48 bits per heavy atom. The maximum atomic E-state index is 12.8. The third kappa shape index (κ3) is 2.36. The van der Waals surface area contributed by atoms with E-state index in [1.807, 2.05) is 0 Å². The number of hydrogen-bond acceptors (Lipinski definition) is 9. The Hall–Kier alpha value is -2.30. The number of esters is 1. The van der Waals surface area contributed by atoms with E-state index < -0.39 is 49.4 Å². The molecule has 0 radical (unpaired) electrons. The average Bonchev–Trinajstić information content (AvgIpc) is 3.01. The maximum Gasteiger partial charge on any atom is 0.360 e. The van der Waals surface area contributed by atoms with E-state index >= 15 is 0 Å². The van der Waals surface area contributed by atoms with Gasteiger partial charge < -0.3 is 14.6 Å². The minimum atomic E-state index is -3.92. The van der Waals surface area contributed by atoms with Crippen molar-refractivity contribution in [2.75, 3.05) is 6.61 Å². The SMILES string of the molecule is CCOC(=O)c1cn(C[C@@]2(C)[C@H](C(=O)[O-])C3C(=O)CC3S2(=O)=O)nn1. The summed E-state index contributed by atoms with van der Waals surface area (Å²) >= 11 is 0. The second-order valence-electron chi connectivity index (χ2n) is 6.41. The first kappa shape index (κ1) is 17.5. The van der Waals surface area contributed by atoms with E-state index in [1.165, 1.54) is 13.1 Å². The monoisotopic (exact) mass is 370 g/mol. The molecular weight excluding hydrogens is 354 g/mol. The summed E-state index contributed by atoms with van der Waals surface area (Å²) in [7, 11) is -3.92. The highest BCUT2D eigenvalue weighted by atomic mass is 32.2. The molecule has 11 heteroatoms. The van der Waals surface area contributed by atoms with Gasteiger partial charge in [0.05, 0.1) is 29.3 Å². The number of ketones is 1. The van der Waals surface area contributed by atoms with Crippen LogP contribution in [-0.2, 0) is 30.7 Å². The Bertz CT molecular complexity index is 862. The molecule has 1 saturated carbocycles. The van der Waals surface area contributed by atoms with Gasteiger partial charge in [-0.3, -0.25) is 9.48 Å². The largest absolute Gasteiger partial charge is 0.550 e. The minimum Gasteiger partial charge on any atom is -0.550 e. The summed E-state index contributed by atoms with van der Waals surface area (Å²) in [4.78, 5) is 35.0. The van der Waals surface area contributed by atoms with E-state index in [-0.39, 0.29) is 25.3 Å². The molecule has 2 fully saturated rings. The molecule has 0 N–H and O–H groups in total. The van der Waals surface area contributed by atoms with Gasteiger partial charge in [0, 0.05) is 24.2 Å². The van der Waals surface area contributed by atoms with Gasteiger partial charge in [0.1, 0.15) is 5.78 Å². The van der Waals surface area contributed by atoms with Crippen LogP contribution in [0, 0.1) is 11.8 Å². The number of aromatic nitrogens is 3. The highest BCUT2D eigenvalue weighted by Crippen LogP contribution is 2.53. The number of sulfone groups is 1. The van der Waals surface area contributed by atoms with Crippen LogP contribution in [0.3, 0.4) is 0 Å². The lowest BCUT2D eigenvalue weighted by atomic mass is 9.70. The fourth-order valence-electron chi connectivity index (χ4n) is 3.69. The van der Waals surface area contributed by atoms with Crippen LogP contribution >= 0.6 is 0 Å². The van der Waals surface area contributed by atoms with Gasteiger partial charge in [-0.1, -0.05) is 5.21 Å². The molecule has 0 amide bonds. The van der Waals surface area contributed by atoms with Crippen molar-refractivity contribution in [1.82, 2.24) is 15.0 Å². The molecule has 4 atom stereocenters. The van der Waals surface area contributed by atoms with Crippen LogP contribution in [0.5, 0.6) is 0 Å². The van der Waals surface area contributed by atoms with Crippen molar-refractivity contribution in [3.05, 3.63) is 11.9 Å². The van der Waals surface area contributed by atoms with E-state index in [2.05, 4.69) is 10.3 Å². The van der Waals surface area contributed by atoms with Gasteiger partial charge >= 0.3 is 5.97 Å². The van der Waals surface area contributed by atoms with E-state index in [9.17, 15) is 27.9 Å². The predicted octanol–water partition coefficient (Wildman–Crippen LogP) is -2.03. The van der Waals surface area contributed by atoms with E-state index in [0.29, 0.717) is 0 Å². The number of ether oxygens (including phenoxy) is 1. The molecule has 1 aromatic rings. The predicted molar refractivity (Wildman–Crippen MR) is 78.7 cm³/mol. The van der Waals surface area contributed by atoms with Crippen LogP contribution in [0.25, 0.3) is 0 Å². The topological polar surface area (TPSA) is 148 Å². The molecule has 3 rings (SSSR count). The van der Waals surface area contributed by atoms with Crippen LogP contribution in [0.2, 0.25) is 0 Å². The molecule has 0 aromatic carbocycles. The normalized spacial score (nSPS) is 32.7. The number of carboxylic acid groups (broad SMARTS) is 1. The van der Waals surface area contributed by atoms with Crippen LogP contribution in [0.15, 0.2) is 6.20 Å². The summed E-state index contributed by atoms with van der Waals surface area (Å²) < 4.78 is 29.6. The number of aliphatic carboxylic acids is 1. The summed E-state index contributed by atoms with van der Waals surface area (Å²) in [5.74, 6) is -5.26. The highest BCUT2D eigenvalue weighted by molar-refractivity contribution is 7.94. The van der Waals surface area contributed by atoms with Crippen LogP contribution in [0.1, 0.15) is 30.8 Å². The second-order valence-corrected chi connectivity index (χ2v) is 9.04. The number of fused-ring (bicyclic) bond motifs is 1. The number of Topliss-reactive ketones (excluding diaryl/α,β-unsaturated/α-hetero) is 1. The highest BCUT2D eigenvalue weighted by Gasteiger charge is 2.69. The van der Waals surface area contributed by atoms with Crippen molar-refractivity contribution >= 4 is 27.6 Å². The number of rotatable bonds is 5. The molecule has 2 unspecified atom stereocenters. The second kappa shape index (κ2) is 5.61. The number of carbonyl (C=O) groups excluding carboxylic acids is 3. The molecule has 0 bridgehead atoms. The third-order valence-electron chi connectivity index (χ3n) is 4.99. The van der Waals surface area contributed by atoms with Gasteiger partial charge in [0.15, 0.2) is 15.5 Å². The van der Waals surface area contributed by atoms with Crippen molar-refractivity contribution in [3.8, 4) is 0 Å². The lowest BCUT2D eigenvalue weighted by molar-refractivity contribution is -0.314. The van der Waals surface area contributed by atoms with E-state index in [0.717, 1.165) is 4.68 Å². The molecular formula is C14H16N3O7S-. The summed E-state index contributed by atoms with van der Waals surface area (Å²) in [6, 6.07) is 0. The zero-order valence-corrected chi connectivity index (χ0v) is 14.4. The molecule has 1 aliphatic heterocycles. The fourth-order valence-corrected chi connectivity index (χ4v) is 6.37. The molecule has 1 aliphatic carbocycles. The quantitative estimate of drug-likeness (QED) is 0.535. The Labute approximate surface area is 143 Å². The first-order valence-electron chi connectivity index (χ1n) is 7.67. The van der Waals surface area contributed by atoms with Crippen molar-refractivity contribution in [3.63, 3.8) is 0 Å². The smallest absolute Gasteiger partial charge is 0.360 e. The maximum absolute atomic E-state index is 12.8. The van der Waals surface area contributed by atoms with Crippen molar-refractivity contribution < 1.29 is 32.6 Å². The Morgan fingerprint density at radius 3 is 2.72 bits per heavy atom. The van der Waals surface area contributed by atoms with Gasteiger partial charge in [-0.2, -0.15) is 0 Å². The van der Waals surface area contributed by atoms with Gasteiger partial charge in [0.25, 0.3) is 0 Å². The van der Waals surface area contributed by atoms with Crippen LogP contribution < -0.4 is 5.11 Å². The molecule has 10 nitrogen and oxygen atoms in total. The zero-order valence-electron chi connectivity index (χ0n) is 13.5. The van der Waals surface area contributed by atoms with Crippen molar-refractivity contribution in [1.29, 1.82) is 0 Å². The van der Waals surface area contributed by atoms with Gasteiger partial charge in [-0.15, -0.1) is 5.10 Å². The van der Waals surface area contributed by atoms with E-state index in [1.54, 1.807) is 6.92 Å². The molecule has 0 spiro atoms. The summed E-state index contributed by atoms with van der Waals surface area (Å²) in [6.45, 7) is 2.66. The minimum absolute atomic E-state index is 0.120. The van der Waals surface area contributed by atoms with Crippen molar-refractivity contribution in [2.45, 2.75) is 36.8 Å². The third-order valence-corrected chi connectivity index (χ3v) is 7.93. The Balaban J connectivity index is 1.95. The average molecular weight is 370 g/mol. The number of hydrogen-bond donors (Lipinski definition) is 0. The Kier molecular flexibility index (Phi) is 3.93. The van der Waals surface area contributed by atoms with Gasteiger partial charge in [-0.25, -0.2) is 13.2 Å². The lowest BCUT2D eigenvalue weighted by Gasteiger charge is -2.33. The number of carbonyl (C=O) groups is 3. The lowest BCUT2D eigenvalue weighted by Crippen LogP contribution is -2.51. The molecule has 2 aliphatic rings. The van der Waals surface area contributed by atoms with Crippen LogP contribution in [0.4, 0.5) is 0 Å². The van der Waals surface area contributed by atoms with Crippen molar-refractivity contribution in [2.24, 2.45) is 11.8 Å². The van der Waals surface area contributed by atoms with Crippen LogP contribution in [-0.4, -0.2) is 57.7 Å². The van der Waals surface area contributed by atoms with Gasteiger partial charge in [0.2, 0.25) is 0 Å². The molecule has 1 saturated heterocycles. The molecule has 1 aromatic heterocycles. The molecule has 2 heterocycles. The summed E-state index contributed by atoms with van der Waals surface area (Å²) in [5, 5.41) is 17.9. The summed E-state index contributed by atoms with van der Waals surface area (Å²) in [6.07, 6.45) is 1.00. The molecule has 25 heavy (non-hydrogen) atoms. The number of carboxylic acids is 1. The zero-order chi connectivity index (χ0) is 18.6. The number of nitrogens with zero attached hydrogens (tertiary/aromatic N) is 3. The Morgan fingerprint density at radius 2 is 2.16 bits per heavy atom. The standard InChI is InChI=1S/C14H17N3O7S/c1-3-24-13(21)7-5-17(16-15-7)6-14(2)11(12(19)20)10-8(18)4-9(10)25(14,22)23/h5,9-11H,3-4,6H2,1-2H3,(H,19,20)/p-1/t9?,10?,11-,14-/m0/s1. The van der Waals surface area contributed by atoms with E-state index in [4.69, 9.17) is 4.74 Å². The first-order valence-corrected chi connectivity index (χ1v) is 9.22.